The average molecular weight is 388 g/mol. The van der Waals surface area contributed by atoms with E-state index in [0.717, 1.165) is 16.3 Å². The molecule has 2 amide bonds. The van der Waals surface area contributed by atoms with Crippen LogP contribution < -0.4 is 5.32 Å². The number of nitrogens with zero attached hydrogens (tertiary/aromatic N) is 2. The van der Waals surface area contributed by atoms with Crippen molar-refractivity contribution in [3.8, 4) is 0 Å². The van der Waals surface area contributed by atoms with Crippen molar-refractivity contribution in [1.29, 1.82) is 0 Å². The van der Waals surface area contributed by atoms with E-state index < -0.39 is 5.82 Å². The van der Waals surface area contributed by atoms with Crippen molar-refractivity contribution >= 4 is 34.1 Å². The fourth-order valence-electron chi connectivity index (χ4n) is 2.90. The number of aliphatic hydroxyl groups excluding tert-OH is 1. The average Bonchev–Trinajstić information content (AvgIpc) is 2.68. The summed E-state index contributed by atoms with van der Waals surface area (Å²) in [6.45, 7) is 1.73. The van der Waals surface area contributed by atoms with Gasteiger partial charge in [-0.3, -0.25) is 4.98 Å². The Balaban J connectivity index is 1.86. The van der Waals surface area contributed by atoms with Gasteiger partial charge in [-0.1, -0.05) is 35.9 Å². The van der Waals surface area contributed by atoms with Crippen molar-refractivity contribution in [1.82, 2.24) is 9.88 Å². The highest BCUT2D eigenvalue weighted by molar-refractivity contribution is 6.31. The van der Waals surface area contributed by atoms with Gasteiger partial charge < -0.3 is 15.3 Å². The fraction of sp³-hybridized carbons (Fsp3) is 0.200. The summed E-state index contributed by atoms with van der Waals surface area (Å²) in [5.74, 6) is -0.544. The molecule has 0 saturated carbocycles. The van der Waals surface area contributed by atoms with Gasteiger partial charge in [0.2, 0.25) is 0 Å². The molecule has 1 atom stereocenters. The van der Waals surface area contributed by atoms with E-state index in [1.165, 1.54) is 23.1 Å². The molecule has 0 bridgehead atoms. The lowest BCUT2D eigenvalue weighted by Crippen LogP contribution is -2.33. The lowest BCUT2D eigenvalue weighted by molar-refractivity contribution is 0.208. The number of aliphatic hydroxyl groups is 1. The van der Waals surface area contributed by atoms with Crippen LogP contribution in [-0.2, 0) is 6.61 Å². The number of fused-ring (bicyclic) bond motifs is 1. The van der Waals surface area contributed by atoms with Gasteiger partial charge in [-0.05, 0) is 30.5 Å². The van der Waals surface area contributed by atoms with Crippen LogP contribution in [0.5, 0.6) is 0 Å². The summed E-state index contributed by atoms with van der Waals surface area (Å²) in [6, 6.07) is 11.0. The SMILES string of the molecule is CC(c1cnc(CO)c2ccccc12)N(C)C(=O)Nc1ccc(F)c(Cl)c1. The van der Waals surface area contributed by atoms with Crippen LogP contribution in [0.4, 0.5) is 14.9 Å². The number of pyridine rings is 1. The van der Waals surface area contributed by atoms with Crippen molar-refractivity contribution < 1.29 is 14.3 Å². The maximum Gasteiger partial charge on any atom is 0.322 e. The minimum Gasteiger partial charge on any atom is -0.390 e. The number of urea groups is 1. The van der Waals surface area contributed by atoms with Crippen LogP contribution >= 0.6 is 11.6 Å². The van der Waals surface area contributed by atoms with E-state index in [1.807, 2.05) is 31.2 Å². The van der Waals surface area contributed by atoms with E-state index in [1.54, 1.807) is 13.2 Å². The lowest BCUT2D eigenvalue weighted by Gasteiger charge is -2.26. The molecular weight excluding hydrogens is 369 g/mol. The molecule has 0 aliphatic carbocycles. The Kier molecular flexibility index (Phi) is 5.58. The molecule has 2 aromatic carbocycles. The molecule has 140 valence electrons. The Hall–Kier alpha value is -2.70. The highest BCUT2D eigenvalue weighted by Crippen LogP contribution is 2.29. The lowest BCUT2D eigenvalue weighted by atomic mass is 10.00. The van der Waals surface area contributed by atoms with Gasteiger partial charge in [0.1, 0.15) is 5.82 Å². The predicted molar refractivity (Wildman–Crippen MR) is 104 cm³/mol. The number of amides is 2. The molecule has 1 unspecified atom stereocenters. The first-order chi connectivity index (χ1) is 12.9. The highest BCUT2D eigenvalue weighted by atomic mass is 35.5. The second-order valence-electron chi connectivity index (χ2n) is 6.21. The summed E-state index contributed by atoms with van der Waals surface area (Å²) >= 11 is 5.76. The van der Waals surface area contributed by atoms with Crippen LogP contribution in [0.1, 0.15) is 24.2 Å². The number of hydrogen-bond acceptors (Lipinski definition) is 3. The van der Waals surface area contributed by atoms with E-state index in [0.29, 0.717) is 11.4 Å². The number of benzene rings is 2. The molecule has 0 fully saturated rings. The normalized spacial score (nSPS) is 12.0. The molecule has 0 radical (unpaired) electrons. The van der Waals surface area contributed by atoms with Gasteiger partial charge in [0.15, 0.2) is 0 Å². The maximum absolute atomic E-state index is 13.3. The van der Waals surface area contributed by atoms with Gasteiger partial charge in [-0.25, -0.2) is 9.18 Å². The van der Waals surface area contributed by atoms with Crippen LogP contribution in [0.25, 0.3) is 10.8 Å². The van der Waals surface area contributed by atoms with E-state index in [-0.39, 0.29) is 23.7 Å². The first-order valence-corrected chi connectivity index (χ1v) is 8.76. The molecule has 27 heavy (non-hydrogen) atoms. The molecule has 5 nitrogen and oxygen atoms in total. The molecule has 3 rings (SSSR count). The Labute approximate surface area is 161 Å². The molecule has 1 heterocycles. The van der Waals surface area contributed by atoms with Crippen molar-refractivity contribution in [2.45, 2.75) is 19.6 Å². The van der Waals surface area contributed by atoms with E-state index in [4.69, 9.17) is 11.6 Å². The third kappa shape index (κ3) is 3.86. The van der Waals surface area contributed by atoms with Crippen LogP contribution in [0.3, 0.4) is 0 Å². The smallest absolute Gasteiger partial charge is 0.322 e. The molecule has 3 aromatic rings. The molecule has 0 saturated heterocycles. The molecule has 0 spiro atoms. The third-order valence-electron chi connectivity index (χ3n) is 4.58. The monoisotopic (exact) mass is 387 g/mol. The largest absolute Gasteiger partial charge is 0.390 e. The third-order valence-corrected chi connectivity index (χ3v) is 4.87. The van der Waals surface area contributed by atoms with Crippen LogP contribution in [0.2, 0.25) is 5.02 Å². The van der Waals surface area contributed by atoms with Crippen LogP contribution in [-0.4, -0.2) is 28.1 Å². The van der Waals surface area contributed by atoms with Crippen LogP contribution in [0.15, 0.2) is 48.7 Å². The molecular formula is C20H19ClFN3O2. The summed E-state index contributed by atoms with van der Waals surface area (Å²) in [5, 5.41) is 13.9. The number of carbonyl (C=O) groups excluding carboxylic acids is 1. The van der Waals surface area contributed by atoms with Gasteiger partial charge in [-0.15, -0.1) is 0 Å². The van der Waals surface area contributed by atoms with Crippen molar-refractivity contribution in [2.24, 2.45) is 0 Å². The van der Waals surface area contributed by atoms with E-state index >= 15 is 0 Å². The zero-order valence-corrected chi connectivity index (χ0v) is 15.7. The Morgan fingerprint density at radius 3 is 2.67 bits per heavy atom. The molecule has 2 N–H and O–H groups in total. The zero-order valence-electron chi connectivity index (χ0n) is 14.9. The predicted octanol–water partition coefficient (Wildman–Crippen LogP) is 4.74. The minimum absolute atomic E-state index is 0.0571. The fourth-order valence-corrected chi connectivity index (χ4v) is 3.08. The van der Waals surface area contributed by atoms with Crippen LogP contribution in [0, 0.1) is 5.82 Å². The van der Waals surface area contributed by atoms with Gasteiger partial charge in [0.25, 0.3) is 0 Å². The van der Waals surface area contributed by atoms with Crippen molar-refractivity contribution in [2.75, 3.05) is 12.4 Å². The first-order valence-electron chi connectivity index (χ1n) is 8.38. The summed E-state index contributed by atoms with van der Waals surface area (Å²) < 4.78 is 13.3. The molecule has 7 heteroatoms. The minimum atomic E-state index is -0.544. The van der Waals surface area contributed by atoms with Gasteiger partial charge >= 0.3 is 6.03 Å². The summed E-state index contributed by atoms with van der Waals surface area (Å²) in [4.78, 5) is 18.5. The zero-order chi connectivity index (χ0) is 19.6. The highest BCUT2D eigenvalue weighted by Gasteiger charge is 2.21. The summed E-state index contributed by atoms with van der Waals surface area (Å²) in [7, 11) is 1.67. The maximum atomic E-state index is 13.3. The number of halogens is 2. The second kappa shape index (κ2) is 7.90. The Morgan fingerprint density at radius 2 is 2.00 bits per heavy atom. The standard InChI is InChI=1S/C20H19ClFN3O2/c1-12(16-10-23-19(11-26)15-6-4-3-5-14(15)16)25(2)20(27)24-13-7-8-18(22)17(21)9-13/h3-10,12,26H,11H2,1-2H3,(H,24,27). The summed E-state index contributed by atoms with van der Waals surface area (Å²) in [6.07, 6.45) is 1.68. The van der Waals surface area contributed by atoms with E-state index in [2.05, 4.69) is 10.3 Å². The van der Waals surface area contributed by atoms with Gasteiger partial charge in [-0.2, -0.15) is 0 Å². The Morgan fingerprint density at radius 1 is 1.30 bits per heavy atom. The summed E-state index contributed by atoms with van der Waals surface area (Å²) in [5.41, 5.74) is 1.86. The number of aromatic nitrogens is 1. The second-order valence-corrected chi connectivity index (χ2v) is 6.62. The van der Waals surface area contributed by atoms with E-state index in [9.17, 15) is 14.3 Å². The number of nitrogens with one attached hydrogen (secondary N) is 1. The van der Waals surface area contributed by atoms with Gasteiger partial charge in [0.05, 0.1) is 23.4 Å². The number of carbonyl (C=O) groups is 1. The number of anilines is 1. The number of hydrogen-bond donors (Lipinski definition) is 2. The topological polar surface area (TPSA) is 65.5 Å². The molecule has 0 aliphatic heterocycles. The van der Waals surface area contributed by atoms with Crippen molar-refractivity contribution in [3.63, 3.8) is 0 Å². The van der Waals surface area contributed by atoms with Crippen molar-refractivity contribution in [3.05, 3.63) is 70.8 Å². The molecule has 1 aromatic heterocycles. The van der Waals surface area contributed by atoms with Gasteiger partial charge in [0, 0.05) is 29.9 Å². The molecule has 0 aliphatic rings. The number of rotatable bonds is 4. The Bertz CT molecular complexity index is 996. The quantitative estimate of drug-likeness (QED) is 0.679. The first kappa shape index (κ1) is 19.1.